The van der Waals surface area contributed by atoms with Crippen LogP contribution >= 0.6 is 12.4 Å². The Labute approximate surface area is 121 Å². The number of amides is 1. The van der Waals surface area contributed by atoms with Gasteiger partial charge in [0.05, 0.1) is 11.5 Å². The summed E-state index contributed by atoms with van der Waals surface area (Å²) in [7, 11) is 0. The van der Waals surface area contributed by atoms with Crippen LogP contribution in [0.25, 0.3) is 0 Å². The zero-order chi connectivity index (χ0) is 13.2. The average Bonchev–Trinajstić information content (AvgIpc) is 3.23. The van der Waals surface area contributed by atoms with Crippen LogP contribution in [0.1, 0.15) is 38.2 Å². The molecule has 1 aliphatic rings. The predicted octanol–water partition coefficient (Wildman–Crippen LogP) is 2.46. The van der Waals surface area contributed by atoms with Crippen LogP contribution in [0.15, 0.2) is 30.3 Å². The fourth-order valence-corrected chi connectivity index (χ4v) is 2.32. The van der Waals surface area contributed by atoms with Crippen molar-refractivity contribution in [2.75, 3.05) is 6.54 Å². The van der Waals surface area contributed by atoms with Gasteiger partial charge in [-0.05, 0) is 38.2 Å². The highest BCUT2D eigenvalue weighted by Gasteiger charge is 2.42. The monoisotopic (exact) mass is 282 g/mol. The van der Waals surface area contributed by atoms with Gasteiger partial charge >= 0.3 is 0 Å². The Balaban J connectivity index is 0.00000180. The van der Waals surface area contributed by atoms with E-state index in [0.717, 1.165) is 5.56 Å². The SMILES string of the molecule is CC(C(=O)NC(C)(CN)C1CC1)c1ccccc1.Cl. The largest absolute Gasteiger partial charge is 0.349 e. The number of carbonyl (C=O) groups excluding carboxylic acids is 1. The molecule has 0 aliphatic heterocycles. The zero-order valence-corrected chi connectivity index (χ0v) is 12.4. The van der Waals surface area contributed by atoms with Crippen molar-refractivity contribution in [1.82, 2.24) is 5.32 Å². The van der Waals surface area contributed by atoms with Crippen LogP contribution in [-0.4, -0.2) is 18.0 Å². The van der Waals surface area contributed by atoms with Crippen molar-refractivity contribution in [1.29, 1.82) is 0 Å². The van der Waals surface area contributed by atoms with Crippen molar-refractivity contribution in [2.45, 2.75) is 38.1 Å². The van der Waals surface area contributed by atoms with E-state index in [1.165, 1.54) is 12.8 Å². The van der Waals surface area contributed by atoms with Crippen LogP contribution in [-0.2, 0) is 4.79 Å². The topological polar surface area (TPSA) is 55.1 Å². The maximum atomic E-state index is 12.3. The number of halogens is 1. The van der Waals surface area contributed by atoms with Gasteiger partial charge in [-0.25, -0.2) is 0 Å². The van der Waals surface area contributed by atoms with E-state index in [9.17, 15) is 4.79 Å². The second kappa shape index (κ2) is 6.40. The zero-order valence-electron chi connectivity index (χ0n) is 11.6. The van der Waals surface area contributed by atoms with Gasteiger partial charge in [-0.3, -0.25) is 4.79 Å². The van der Waals surface area contributed by atoms with Gasteiger partial charge in [0.1, 0.15) is 0 Å². The molecule has 0 heterocycles. The van der Waals surface area contributed by atoms with E-state index >= 15 is 0 Å². The molecule has 4 heteroatoms. The Morgan fingerprint density at radius 3 is 2.47 bits per heavy atom. The Kier molecular flexibility index (Phi) is 5.39. The van der Waals surface area contributed by atoms with E-state index in [4.69, 9.17) is 5.73 Å². The first-order valence-corrected chi connectivity index (χ1v) is 6.64. The molecule has 1 saturated carbocycles. The summed E-state index contributed by atoms with van der Waals surface area (Å²) >= 11 is 0. The second-order valence-corrected chi connectivity index (χ2v) is 5.52. The molecular weight excluding hydrogens is 260 g/mol. The standard InChI is InChI=1S/C15H22N2O.ClH/c1-11(12-6-4-3-5-7-12)14(18)17-15(2,10-16)13-8-9-13;/h3-7,11,13H,8-10,16H2,1-2H3,(H,17,18);1H. The van der Waals surface area contributed by atoms with E-state index < -0.39 is 0 Å². The van der Waals surface area contributed by atoms with E-state index in [2.05, 4.69) is 12.2 Å². The molecule has 2 unspecified atom stereocenters. The summed E-state index contributed by atoms with van der Waals surface area (Å²) in [6, 6.07) is 9.86. The number of benzene rings is 1. The summed E-state index contributed by atoms with van der Waals surface area (Å²) in [4.78, 5) is 12.3. The molecule has 106 valence electrons. The predicted molar refractivity (Wildman–Crippen MR) is 80.4 cm³/mol. The minimum atomic E-state index is -0.236. The lowest BCUT2D eigenvalue weighted by atomic mass is 9.93. The molecule has 3 N–H and O–H groups in total. The van der Waals surface area contributed by atoms with Gasteiger partial charge in [0, 0.05) is 6.54 Å². The normalized spacial score (nSPS) is 18.9. The minimum absolute atomic E-state index is 0. The first-order chi connectivity index (χ1) is 8.57. The number of carbonyl (C=O) groups is 1. The molecule has 2 rings (SSSR count). The molecule has 3 nitrogen and oxygen atoms in total. The lowest BCUT2D eigenvalue weighted by Gasteiger charge is -2.31. The number of nitrogens with two attached hydrogens (primary N) is 1. The fraction of sp³-hybridized carbons (Fsp3) is 0.533. The number of rotatable bonds is 5. The molecule has 0 saturated heterocycles. The molecule has 0 spiro atoms. The molecule has 1 aromatic rings. The second-order valence-electron chi connectivity index (χ2n) is 5.52. The maximum absolute atomic E-state index is 12.3. The van der Waals surface area contributed by atoms with Gasteiger partial charge in [-0.1, -0.05) is 30.3 Å². The van der Waals surface area contributed by atoms with E-state index in [-0.39, 0.29) is 29.8 Å². The fourth-order valence-electron chi connectivity index (χ4n) is 2.32. The van der Waals surface area contributed by atoms with Gasteiger partial charge in [-0.2, -0.15) is 0 Å². The van der Waals surface area contributed by atoms with Crippen molar-refractivity contribution < 1.29 is 4.79 Å². The smallest absolute Gasteiger partial charge is 0.227 e. The Morgan fingerprint density at radius 1 is 1.42 bits per heavy atom. The highest BCUT2D eigenvalue weighted by Crippen LogP contribution is 2.39. The molecular formula is C15H23ClN2O. The molecule has 1 aromatic carbocycles. The van der Waals surface area contributed by atoms with Crippen LogP contribution in [0.2, 0.25) is 0 Å². The van der Waals surface area contributed by atoms with Gasteiger partial charge in [-0.15, -0.1) is 12.4 Å². The average molecular weight is 283 g/mol. The minimum Gasteiger partial charge on any atom is -0.349 e. The number of hydrogen-bond acceptors (Lipinski definition) is 2. The van der Waals surface area contributed by atoms with Crippen molar-refractivity contribution in [3.63, 3.8) is 0 Å². The first kappa shape index (κ1) is 16.0. The summed E-state index contributed by atoms with van der Waals surface area (Å²) in [5.74, 6) is 0.492. The highest BCUT2D eigenvalue weighted by molar-refractivity contribution is 5.85. The van der Waals surface area contributed by atoms with Crippen LogP contribution in [0.4, 0.5) is 0 Å². The van der Waals surface area contributed by atoms with E-state index in [0.29, 0.717) is 12.5 Å². The first-order valence-electron chi connectivity index (χ1n) is 6.64. The van der Waals surface area contributed by atoms with Gasteiger partial charge in [0.25, 0.3) is 0 Å². The summed E-state index contributed by atoms with van der Waals surface area (Å²) in [6.45, 7) is 4.50. The van der Waals surface area contributed by atoms with Gasteiger partial charge in [0.2, 0.25) is 5.91 Å². The lowest BCUT2D eigenvalue weighted by Crippen LogP contribution is -2.54. The lowest BCUT2D eigenvalue weighted by molar-refractivity contribution is -0.124. The third kappa shape index (κ3) is 3.71. The quantitative estimate of drug-likeness (QED) is 0.872. The van der Waals surface area contributed by atoms with E-state index in [1.807, 2.05) is 37.3 Å². The third-order valence-corrected chi connectivity index (χ3v) is 4.00. The van der Waals surface area contributed by atoms with Crippen molar-refractivity contribution in [3.8, 4) is 0 Å². The van der Waals surface area contributed by atoms with Crippen LogP contribution in [0.3, 0.4) is 0 Å². The van der Waals surface area contributed by atoms with Gasteiger partial charge < -0.3 is 11.1 Å². The number of nitrogens with one attached hydrogen (secondary N) is 1. The molecule has 0 bridgehead atoms. The molecule has 19 heavy (non-hydrogen) atoms. The Morgan fingerprint density at radius 2 is 2.00 bits per heavy atom. The molecule has 2 atom stereocenters. The van der Waals surface area contributed by atoms with Crippen LogP contribution < -0.4 is 11.1 Å². The molecule has 1 amide bonds. The van der Waals surface area contributed by atoms with Crippen LogP contribution in [0, 0.1) is 5.92 Å². The Bertz CT molecular complexity index is 419. The summed E-state index contributed by atoms with van der Waals surface area (Å²) < 4.78 is 0. The molecule has 1 fully saturated rings. The maximum Gasteiger partial charge on any atom is 0.227 e. The van der Waals surface area contributed by atoms with Crippen LogP contribution in [0.5, 0.6) is 0 Å². The summed E-state index contributed by atoms with van der Waals surface area (Å²) in [5.41, 5.74) is 6.63. The van der Waals surface area contributed by atoms with E-state index in [1.54, 1.807) is 0 Å². The molecule has 0 radical (unpaired) electrons. The van der Waals surface area contributed by atoms with Crippen molar-refractivity contribution in [3.05, 3.63) is 35.9 Å². The summed E-state index contributed by atoms with van der Waals surface area (Å²) in [6.07, 6.45) is 2.35. The number of hydrogen-bond donors (Lipinski definition) is 2. The van der Waals surface area contributed by atoms with Crippen molar-refractivity contribution in [2.24, 2.45) is 11.7 Å². The van der Waals surface area contributed by atoms with Gasteiger partial charge in [0.15, 0.2) is 0 Å². The third-order valence-electron chi connectivity index (χ3n) is 4.00. The molecule has 1 aliphatic carbocycles. The van der Waals surface area contributed by atoms with Crippen molar-refractivity contribution >= 4 is 18.3 Å². The summed E-state index contributed by atoms with van der Waals surface area (Å²) in [5, 5.41) is 3.14. The highest BCUT2D eigenvalue weighted by atomic mass is 35.5. The molecule has 0 aromatic heterocycles. The Hall–Kier alpha value is -1.06.